The number of aromatic carboxylic acids is 1. The fourth-order valence-electron chi connectivity index (χ4n) is 2.96. The van der Waals surface area contributed by atoms with Crippen molar-refractivity contribution in [2.75, 3.05) is 25.7 Å². The van der Waals surface area contributed by atoms with Crippen molar-refractivity contribution in [3.8, 4) is 0 Å². The Morgan fingerprint density at radius 1 is 0.574 bits per heavy atom. The molecule has 0 heterocycles. The van der Waals surface area contributed by atoms with Gasteiger partial charge in [0.05, 0.1) is 40.2 Å². The molecule has 0 bridgehead atoms. The molecule has 0 amide bonds. The maximum Gasteiger partial charge on any atom is 0.341 e. The summed E-state index contributed by atoms with van der Waals surface area (Å²) in [7, 11) is 1.91. The van der Waals surface area contributed by atoms with E-state index in [4.69, 9.17) is 16.6 Å². The van der Waals surface area contributed by atoms with E-state index in [1.807, 2.05) is 0 Å². The molecule has 3 aromatic rings. The summed E-state index contributed by atoms with van der Waals surface area (Å²) in [5.41, 5.74) is 2.87. The number of nitro benzene ring substituents is 3. The van der Waals surface area contributed by atoms with E-state index in [9.17, 15) is 75.5 Å². The van der Waals surface area contributed by atoms with Crippen molar-refractivity contribution in [3.63, 3.8) is 0 Å². The molecular formula is C23H14F7N5O12. The molecule has 24 heteroatoms. The minimum Gasteiger partial charge on any atom is -0.478 e. The van der Waals surface area contributed by atoms with Gasteiger partial charge in [-0.15, -0.1) is 0 Å². The number of esters is 2. The Bertz CT molecular complexity index is 1700. The van der Waals surface area contributed by atoms with Gasteiger partial charge < -0.3 is 26.0 Å². The minimum absolute atomic E-state index is 0.121. The van der Waals surface area contributed by atoms with Crippen molar-refractivity contribution in [1.29, 1.82) is 0 Å². The smallest absolute Gasteiger partial charge is 0.341 e. The molecule has 0 atom stereocenters. The molecule has 0 aliphatic heterocycles. The zero-order valence-electron chi connectivity index (χ0n) is 22.8. The number of carboxylic acid groups (broad SMARTS) is 1. The van der Waals surface area contributed by atoms with E-state index in [0.717, 1.165) is 20.3 Å². The number of hydrogen-bond donors (Lipinski definition) is 3. The molecule has 0 saturated carbocycles. The number of methoxy groups -OCH3 is 2. The second-order valence-electron chi connectivity index (χ2n) is 7.91. The van der Waals surface area contributed by atoms with Crippen molar-refractivity contribution in [2.45, 2.75) is 0 Å². The quantitative estimate of drug-likeness (QED) is 0.0820. The number of carbonyl (C=O) groups is 3. The van der Waals surface area contributed by atoms with E-state index in [1.165, 1.54) is 0 Å². The van der Waals surface area contributed by atoms with E-state index in [0.29, 0.717) is 0 Å². The molecule has 0 spiro atoms. The number of carboxylic acids is 1. The Labute approximate surface area is 253 Å². The summed E-state index contributed by atoms with van der Waals surface area (Å²) >= 11 is 0. The monoisotopic (exact) mass is 685 g/mol. The normalized spacial score (nSPS) is 9.98. The van der Waals surface area contributed by atoms with Gasteiger partial charge in [-0.3, -0.25) is 30.3 Å². The minimum atomic E-state index is -2.18. The molecule has 252 valence electrons. The lowest BCUT2D eigenvalue weighted by Gasteiger charge is -2.07. The number of hydrogen-bond acceptors (Lipinski definition) is 13. The first-order valence-electron chi connectivity index (χ1n) is 11.2. The topological polar surface area (TPSA) is 271 Å². The summed E-state index contributed by atoms with van der Waals surface area (Å²) in [6, 6.07) is 1.18. The van der Waals surface area contributed by atoms with Crippen molar-refractivity contribution in [1.82, 2.24) is 0 Å². The maximum absolute atomic E-state index is 13.3. The third kappa shape index (κ3) is 8.31. The highest BCUT2D eigenvalue weighted by molar-refractivity contribution is 5.97. The number of nitro groups is 3. The zero-order chi connectivity index (χ0) is 36.7. The molecule has 0 radical (unpaired) electrons. The highest BCUT2D eigenvalue weighted by Crippen LogP contribution is 2.32. The number of halogens is 7. The van der Waals surface area contributed by atoms with E-state index < -0.39 is 119 Å². The molecule has 47 heavy (non-hydrogen) atoms. The number of benzene rings is 3. The van der Waals surface area contributed by atoms with Gasteiger partial charge in [-0.25, -0.2) is 36.3 Å². The molecule has 17 nitrogen and oxygen atoms in total. The molecule has 0 aromatic heterocycles. The lowest BCUT2D eigenvalue weighted by Crippen LogP contribution is -2.11. The van der Waals surface area contributed by atoms with Crippen molar-refractivity contribution in [2.24, 2.45) is 0 Å². The second kappa shape index (κ2) is 15.4. The first-order valence-corrected chi connectivity index (χ1v) is 11.2. The van der Waals surface area contributed by atoms with Crippen LogP contribution in [0.3, 0.4) is 0 Å². The average Bonchev–Trinajstić information content (AvgIpc) is 3.00. The molecular weight excluding hydrogens is 671 g/mol. The summed E-state index contributed by atoms with van der Waals surface area (Å²) in [5, 5.41) is 39.3. The third-order valence-corrected chi connectivity index (χ3v) is 5.21. The van der Waals surface area contributed by atoms with E-state index in [1.54, 1.807) is 0 Å². The molecule has 0 aliphatic carbocycles. The van der Waals surface area contributed by atoms with Crippen LogP contribution < -0.4 is 11.5 Å². The molecule has 3 rings (SSSR count). The Morgan fingerprint density at radius 2 is 0.915 bits per heavy atom. The number of anilines is 2. The average molecular weight is 685 g/mol. The van der Waals surface area contributed by atoms with E-state index in [-0.39, 0.29) is 12.1 Å². The van der Waals surface area contributed by atoms with Crippen LogP contribution in [-0.2, 0) is 9.47 Å². The van der Waals surface area contributed by atoms with Gasteiger partial charge in [-0.1, -0.05) is 0 Å². The van der Waals surface area contributed by atoms with Crippen molar-refractivity contribution in [3.05, 3.63) is 106 Å². The Kier molecular flexibility index (Phi) is 12.6. The first-order chi connectivity index (χ1) is 21.6. The molecule has 0 unspecified atom stereocenters. The predicted octanol–water partition coefficient (Wildman–Crippen LogP) is 4.19. The van der Waals surface area contributed by atoms with Crippen LogP contribution in [0.2, 0.25) is 0 Å². The summed E-state index contributed by atoms with van der Waals surface area (Å²) < 4.78 is 98.5. The van der Waals surface area contributed by atoms with Crippen molar-refractivity contribution < 1.29 is 74.5 Å². The Morgan fingerprint density at radius 3 is 1.28 bits per heavy atom. The van der Waals surface area contributed by atoms with Crippen LogP contribution in [-0.4, -0.2) is 52.0 Å². The van der Waals surface area contributed by atoms with Crippen LogP contribution in [0.25, 0.3) is 0 Å². The fourth-order valence-corrected chi connectivity index (χ4v) is 2.96. The number of nitrogen functional groups attached to an aromatic ring is 2. The number of rotatable bonds is 6. The number of ether oxygens (including phenoxy) is 2. The highest BCUT2D eigenvalue weighted by Gasteiger charge is 2.30. The van der Waals surface area contributed by atoms with Gasteiger partial charge >= 0.3 is 29.3 Å². The molecule has 0 saturated heterocycles. The van der Waals surface area contributed by atoms with Crippen LogP contribution in [0.1, 0.15) is 31.1 Å². The molecule has 0 fully saturated rings. The molecule has 0 aliphatic rings. The number of nitrogens with zero attached hydrogens (tertiary/aromatic N) is 3. The fraction of sp³-hybridized carbons (Fsp3) is 0.0870. The third-order valence-electron chi connectivity index (χ3n) is 5.21. The largest absolute Gasteiger partial charge is 0.478 e. The number of nitrogens with two attached hydrogens (primary N) is 2. The van der Waals surface area contributed by atoms with Crippen LogP contribution >= 0.6 is 0 Å². The number of carbonyl (C=O) groups excluding carboxylic acids is 2. The van der Waals surface area contributed by atoms with Gasteiger partial charge in [0.15, 0.2) is 17.5 Å². The van der Waals surface area contributed by atoms with E-state index >= 15 is 0 Å². The summed E-state index contributed by atoms with van der Waals surface area (Å²) in [6.07, 6.45) is 0. The SMILES string of the molecule is COC(=O)c1cc([N+](=O)[O-])c(F)c(F)c1F.COC(=O)c1cc([N+](=O)[O-])c(N)c(F)c1N.O=C(O)c1cc([N+](=O)[O-])c(F)c(F)c1F. The summed E-state index contributed by atoms with van der Waals surface area (Å²) in [6.45, 7) is 0. The lowest BCUT2D eigenvalue weighted by atomic mass is 10.1. The maximum atomic E-state index is 13.3. The highest BCUT2D eigenvalue weighted by atomic mass is 19.2. The van der Waals surface area contributed by atoms with Crippen LogP contribution in [0.15, 0.2) is 18.2 Å². The Balaban J connectivity index is 0.000000353. The molecule has 5 N–H and O–H groups in total. The first kappa shape index (κ1) is 38.4. The second-order valence-corrected chi connectivity index (χ2v) is 7.91. The summed E-state index contributed by atoms with van der Waals surface area (Å²) in [5.74, 6) is -17.5. The standard InChI is InChI=1S/C8H4F3NO4.C8H8FN3O4.C7H2F3NO4/c1-16-8(13)3-2-4(12(14)15)6(10)7(11)5(3)9;1-16-8(13)3-2-4(12(14)15)7(11)5(9)6(3)10;8-4-2(7(12)13)1-3(11(14)15)5(9)6(4)10/h2H,1H3;2H,10-11H2,1H3;1H,(H,12,13). The summed E-state index contributed by atoms with van der Waals surface area (Å²) in [4.78, 5) is 59.7. The van der Waals surface area contributed by atoms with Gasteiger partial charge in [-0.2, -0.15) is 8.78 Å². The van der Waals surface area contributed by atoms with Gasteiger partial charge in [0.1, 0.15) is 16.8 Å². The van der Waals surface area contributed by atoms with E-state index in [2.05, 4.69) is 9.47 Å². The van der Waals surface area contributed by atoms with Gasteiger partial charge in [-0.05, 0) is 0 Å². The van der Waals surface area contributed by atoms with Crippen LogP contribution in [0.5, 0.6) is 0 Å². The van der Waals surface area contributed by atoms with Crippen LogP contribution in [0.4, 0.5) is 59.2 Å². The predicted molar refractivity (Wildman–Crippen MR) is 137 cm³/mol. The molecule has 3 aromatic carbocycles. The zero-order valence-corrected chi connectivity index (χ0v) is 22.8. The Hall–Kier alpha value is -6.62. The van der Waals surface area contributed by atoms with Gasteiger partial charge in [0.2, 0.25) is 23.3 Å². The van der Waals surface area contributed by atoms with Gasteiger partial charge in [0, 0.05) is 18.2 Å². The van der Waals surface area contributed by atoms with Crippen molar-refractivity contribution >= 4 is 46.3 Å². The lowest BCUT2D eigenvalue weighted by molar-refractivity contribution is -0.388. The van der Waals surface area contributed by atoms with Gasteiger partial charge in [0.25, 0.3) is 5.69 Å². The van der Waals surface area contributed by atoms with Crippen LogP contribution in [0, 0.1) is 71.1 Å².